The molecule has 0 radical (unpaired) electrons. The molecule has 8 nitrogen and oxygen atoms in total. The molecule has 0 saturated carbocycles. The van der Waals surface area contributed by atoms with E-state index in [0.717, 1.165) is 18.2 Å². The molecule has 1 N–H and O–H groups in total. The average molecular weight is 474 g/mol. The van der Waals surface area contributed by atoms with Gasteiger partial charge in [-0.15, -0.1) is 5.10 Å². The van der Waals surface area contributed by atoms with Gasteiger partial charge in [-0.2, -0.15) is 17.9 Å². The van der Waals surface area contributed by atoms with Gasteiger partial charge >= 0.3 is 12.3 Å². The fourth-order valence-corrected chi connectivity index (χ4v) is 3.09. The molecular weight excluding hydrogens is 458 g/mol. The number of methoxy groups -OCH3 is 1. The van der Waals surface area contributed by atoms with E-state index in [2.05, 4.69) is 20.8 Å². The topological polar surface area (TPSA) is 91.2 Å². The maximum Gasteiger partial charge on any atom is 0.453 e. The number of alkyl halides is 3. The number of benzene rings is 2. The Morgan fingerprint density at radius 2 is 2.00 bits per heavy atom. The van der Waals surface area contributed by atoms with Crippen molar-refractivity contribution in [1.82, 2.24) is 25.5 Å². The SMILES string of the molecule is COCC(C)NC(=O)Oc1cc(-c2ccc(F)cc2Cl)cc(-n2nnnc2C(F)(F)F)c1. The molecule has 1 aromatic heterocycles. The average Bonchev–Trinajstić information content (AvgIpc) is 3.18. The number of hydrogen-bond donors (Lipinski definition) is 1. The summed E-state index contributed by atoms with van der Waals surface area (Å²) < 4.78 is 63.9. The first-order valence-electron chi connectivity index (χ1n) is 9.02. The van der Waals surface area contributed by atoms with Crippen molar-refractivity contribution < 1.29 is 31.8 Å². The van der Waals surface area contributed by atoms with Crippen molar-refractivity contribution in [3.8, 4) is 22.6 Å². The van der Waals surface area contributed by atoms with Gasteiger partial charge in [0.1, 0.15) is 11.6 Å². The van der Waals surface area contributed by atoms with Crippen molar-refractivity contribution in [1.29, 1.82) is 0 Å². The molecule has 1 unspecified atom stereocenters. The number of nitrogens with zero attached hydrogens (tertiary/aromatic N) is 4. The summed E-state index contributed by atoms with van der Waals surface area (Å²) in [6.45, 7) is 1.88. The summed E-state index contributed by atoms with van der Waals surface area (Å²) in [5.41, 5.74) is 0.367. The van der Waals surface area contributed by atoms with Gasteiger partial charge < -0.3 is 14.8 Å². The fourth-order valence-electron chi connectivity index (χ4n) is 2.81. The summed E-state index contributed by atoms with van der Waals surface area (Å²) in [7, 11) is 1.45. The Bertz CT molecular complexity index is 1120. The standard InChI is InChI=1S/C19H16ClF4N5O3/c1-10(9-31-2)25-18(30)32-14-6-11(15-4-3-12(21)7-16(15)20)5-13(8-14)29-17(19(22,23)24)26-27-28-29/h3-8,10H,9H2,1-2H3,(H,25,30). The predicted molar refractivity (Wildman–Crippen MR) is 105 cm³/mol. The molecular formula is C19H16ClF4N5O3. The van der Waals surface area contributed by atoms with Crippen LogP contribution >= 0.6 is 11.6 Å². The van der Waals surface area contributed by atoms with E-state index in [9.17, 15) is 22.4 Å². The van der Waals surface area contributed by atoms with E-state index >= 15 is 0 Å². The predicted octanol–water partition coefficient (Wildman–Crippen LogP) is 4.26. The van der Waals surface area contributed by atoms with Gasteiger partial charge in [0.05, 0.1) is 23.4 Å². The Kier molecular flexibility index (Phi) is 6.94. The molecule has 0 spiro atoms. The third kappa shape index (κ3) is 5.51. The van der Waals surface area contributed by atoms with Crippen LogP contribution in [-0.2, 0) is 10.9 Å². The highest BCUT2D eigenvalue weighted by atomic mass is 35.5. The van der Waals surface area contributed by atoms with Crippen molar-refractivity contribution in [2.45, 2.75) is 19.1 Å². The van der Waals surface area contributed by atoms with Crippen molar-refractivity contribution >= 4 is 17.7 Å². The Hall–Kier alpha value is -3.25. The second kappa shape index (κ2) is 9.49. The molecule has 0 fully saturated rings. The van der Waals surface area contributed by atoms with Gasteiger partial charge in [0, 0.05) is 18.7 Å². The van der Waals surface area contributed by atoms with Crippen molar-refractivity contribution in [2.75, 3.05) is 13.7 Å². The number of nitrogens with one attached hydrogen (secondary N) is 1. The van der Waals surface area contributed by atoms with E-state index in [4.69, 9.17) is 21.1 Å². The highest BCUT2D eigenvalue weighted by Crippen LogP contribution is 2.35. The number of halogens is 5. The van der Waals surface area contributed by atoms with E-state index in [1.165, 1.54) is 25.3 Å². The molecule has 1 amide bonds. The summed E-state index contributed by atoms with van der Waals surface area (Å²) in [5.74, 6) is -2.11. The highest BCUT2D eigenvalue weighted by molar-refractivity contribution is 6.33. The van der Waals surface area contributed by atoms with Crippen LogP contribution < -0.4 is 10.1 Å². The molecule has 0 saturated heterocycles. The number of amides is 1. The molecule has 1 heterocycles. The molecule has 0 aliphatic carbocycles. The quantitative estimate of drug-likeness (QED) is 0.538. The van der Waals surface area contributed by atoms with Crippen LogP contribution in [0.4, 0.5) is 22.4 Å². The van der Waals surface area contributed by atoms with Gasteiger partial charge in [0.25, 0.3) is 5.82 Å². The Balaban J connectivity index is 2.07. The van der Waals surface area contributed by atoms with Crippen LogP contribution in [0.2, 0.25) is 5.02 Å². The minimum Gasteiger partial charge on any atom is -0.410 e. The normalized spacial score (nSPS) is 12.5. The molecule has 0 aliphatic rings. The number of hydrogen-bond acceptors (Lipinski definition) is 6. The fraction of sp³-hybridized carbons (Fsp3) is 0.263. The summed E-state index contributed by atoms with van der Waals surface area (Å²) in [6.07, 6.45) is -5.71. The largest absolute Gasteiger partial charge is 0.453 e. The number of carbonyl (C=O) groups excluding carboxylic acids is 1. The molecule has 13 heteroatoms. The van der Waals surface area contributed by atoms with Crippen LogP contribution in [0.1, 0.15) is 12.7 Å². The summed E-state index contributed by atoms with van der Waals surface area (Å²) in [5, 5.41) is 12.0. The number of rotatable bonds is 6. The Labute approximate surface area is 184 Å². The number of tetrazole rings is 1. The summed E-state index contributed by atoms with van der Waals surface area (Å²) in [6, 6.07) is 6.92. The van der Waals surface area contributed by atoms with Crippen LogP contribution in [0.3, 0.4) is 0 Å². The van der Waals surface area contributed by atoms with Gasteiger partial charge in [-0.25, -0.2) is 9.18 Å². The molecule has 32 heavy (non-hydrogen) atoms. The van der Waals surface area contributed by atoms with Gasteiger partial charge in [0.2, 0.25) is 0 Å². The molecule has 0 aliphatic heterocycles. The molecule has 3 aromatic rings. The highest BCUT2D eigenvalue weighted by Gasteiger charge is 2.38. The molecule has 3 rings (SSSR count). The third-order valence-corrected chi connectivity index (χ3v) is 4.41. The minimum absolute atomic E-state index is 0.000900. The van der Waals surface area contributed by atoms with Gasteiger partial charge in [-0.3, -0.25) is 0 Å². The molecule has 0 bridgehead atoms. The van der Waals surface area contributed by atoms with Crippen molar-refractivity contribution in [3.05, 3.63) is 53.1 Å². The van der Waals surface area contributed by atoms with Crippen LogP contribution in [0.5, 0.6) is 5.75 Å². The van der Waals surface area contributed by atoms with Crippen LogP contribution in [-0.4, -0.2) is 46.1 Å². The molecule has 1 atom stereocenters. The van der Waals surface area contributed by atoms with Gasteiger partial charge in [0.15, 0.2) is 0 Å². The lowest BCUT2D eigenvalue weighted by atomic mass is 10.0. The Morgan fingerprint density at radius 3 is 2.66 bits per heavy atom. The van der Waals surface area contributed by atoms with Gasteiger partial charge in [-0.1, -0.05) is 11.6 Å². The molecule has 2 aromatic carbocycles. The number of ether oxygens (including phenoxy) is 2. The van der Waals surface area contributed by atoms with E-state index in [0.29, 0.717) is 4.68 Å². The smallest absolute Gasteiger partial charge is 0.410 e. The van der Waals surface area contributed by atoms with Crippen molar-refractivity contribution in [3.63, 3.8) is 0 Å². The van der Waals surface area contributed by atoms with Crippen LogP contribution in [0.15, 0.2) is 36.4 Å². The third-order valence-electron chi connectivity index (χ3n) is 4.09. The lowest BCUT2D eigenvalue weighted by molar-refractivity contribution is -0.146. The Morgan fingerprint density at radius 1 is 1.25 bits per heavy atom. The summed E-state index contributed by atoms with van der Waals surface area (Å²) in [4.78, 5) is 12.2. The van der Waals surface area contributed by atoms with E-state index < -0.39 is 30.0 Å². The van der Waals surface area contributed by atoms with E-state index in [1.54, 1.807) is 6.92 Å². The molecule has 170 valence electrons. The van der Waals surface area contributed by atoms with Crippen LogP contribution in [0, 0.1) is 5.82 Å². The zero-order valence-corrected chi connectivity index (χ0v) is 17.4. The number of carbonyl (C=O) groups is 1. The lowest BCUT2D eigenvalue weighted by Crippen LogP contribution is -2.37. The van der Waals surface area contributed by atoms with Crippen molar-refractivity contribution in [2.24, 2.45) is 0 Å². The maximum atomic E-state index is 13.5. The first-order chi connectivity index (χ1) is 15.1. The minimum atomic E-state index is -4.85. The van der Waals surface area contributed by atoms with Crippen LogP contribution in [0.25, 0.3) is 16.8 Å². The monoisotopic (exact) mass is 473 g/mol. The van der Waals surface area contributed by atoms with Gasteiger partial charge in [-0.05, 0) is 53.2 Å². The first kappa shape index (κ1) is 23.4. The lowest BCUT2D eigenvalue weighted by Gasteiger charge is -2.15. The second-order valence-electron chi connectivity index (χ2n) is 6.64. The zero-order valence-electron chi connectivity index (χ0n) is 16.7. The zero-order chi connectivity index (χ0) is 23.5. The summed E-state index contributed by atoms with van der Waals surface area (Å²) >= 11 is 6.11. The number of aromatic nitrogens is 4. The van der Waals surface area contributed by atoms with E-state index in [1.807, 2.05) is 0 Å². The first-order valence-corrected chi connectivity index (χ1v) is 9.40. The second-order valence-corrected chi connectivity index (χ2v) is 7.05. The maximum absolute atomic E-state index is 13.5. The van der Waals surface area contributed by atoms with E-state index in [-0.39, 0.29) is 34.2 Å².